The van der Waals surface area contributed by atoms with Crippen molar-refractivity contribution in [1.29, 1.82) is 0 Å². The molecule has 2 aromatic carbocycles. The topological polar surface area (TPSA) is 58.6 Å². The van der Waals surface area contributed by atoms with Gasteiger partial charge in [-0.2, -0.15) is 0 Å². The number of halogens is 1. The monoisotopic (exact) mass is 386 g/mol. The minimum absolute atomic E-state index is 0.0755. The third-order valence-electron chi connectivity index (χ3n) is 4.53. The van der Waals surface area contributed by atoms with Gasteiger partial charge in [-0.3, -0.25) is 9.59 Å². The normalized spacial score (nSPS) is 13.5. The van der Waals surface area contributed by atoms with Crippen molar-refractivity contribution in [2.75, 3.05) is 19.7 Å². The maximum Gasteiger partial charge on any atom is 0.258 e. The largest absolute Gasteiger partial charge is 0.482 e. The quantitative estimate of drug-likeness (QED) is 0.825. The number of carbonyl (C=O) groups is 2. The highest BCUT2D eigenvalue weighted by atomic mass is 35.5. The average molecular weight is 387 g/mol. The molecule has 142 valence electrons. The average Bonchev–Trinajstić information content (AvgIpc) is 3.21. The lowest BCUT2D eigenvalue weighted by Gasteiger charge is -2.15. The Morgan fingerprint density at radius 3 is 2.52 bits per heavy atom. The van der Waals surface area contributed by atoms with Gasteiger partial charge in [0.25, 0.3) is 11.8 Å². The molecule has 0 aliphatic carbocycles. The van der Waals surface area contributed by atoms with E-state index in [0.29, 0.717) is 22.9 Å². The number of nitrogens with one attached hydrogen (secondary N) is 1. The molecule has 0 saturated carbocycles. The summed E-state index contributed by atoms with van der Waals surface area (Å²) in [5.41, 5.74) is 2.62. The first-order valence-corrected chi connectivity index (χ1v) is 9.44. The lowest BCUT2D eigenvalue weighted by Crippen LogP contribution is -2.29. The fraction of sp³-hybridized carbons (Fsp3) is 0.333. The Bertz CT molecular complexity index is 815. The van der Waals surface area contributed by atoms with Crippen molar-refractivity contribution < 1.29 is 14.3 Å². The highest BCUT2D eigenvalue weighted by Crippen LogP contribution is 2.25. The van der Waals surface area contributed by atoms with Gasteiger partial charge in [-0.05, 0) is 55.2 Å². The van der Waals surface area contributed by atoms with E-state index in [1.54, 1.807) is 12.1 Å². The van der Waals surface area contributed by atoms with Gasteiger partial charge in [-0.25, -0.2) is 0 Å². The lowest BCUT2D eigenvalue weighted by atomic mass is 10.1. The Hall–Kier alpha value is -2.53. The van der Waals surface area contributed by atoms with Gasteiger partial charge in [0.2, 0.25) is 0 Å². The van der Waals surface area contributed by atoms with Crippen LogP contribution in [0, 0.1) is 6.92 Å². The van der Waals surface area contributed by atoms with Crippen LogP contribution in [0.1, 0.15) is 34.3 Å². The molecule has 0 radical (unpaired) electrons. The van der Waals surface area contributed by atoms with Crippen molar-refractivity contribution in [3.05, 3.63) is 64.2 Å². The number of hydrogen-bond donors (Lipinski definition) is 1. The summed E-state index contributed by atoms with van der Waals surface area (Å²) in [7, 11) is 0. The summed E-state index contributed by atoms with van der Waals surface area (Å²) in [6.07, 6.45) is 2.15. The summed E-state index contributed by atoms with van der Waals surface area (Å²) < 4.78 is 5.48. The maximum atomic E-state index is 12.3. The van der Waals surface area contributed by atoms with E-state index < -0.39 is 0 Å². The lowest BCUT2D eigenvalue weighted by molar-refractivity contribution is -0.123. The van der Waals surface area contributed by atoms with Gasteiger partial charge in [0, 0.05) is 25.2 Å². The fourth-order valence-corrected chi connectivity index (χ4v) is 3.16. The number of nitrogens with zero attached hydrogens (tertiary/aromatic N) is 1. The van der Waals surface area contributed by atoms with Crippen LogP contribution in [0.15, 0.2) is 42.5 Å². The van der Waals surface area contributed by atoms with Gasteiger partial charge in [-0.15, -0.1) is 0 Å². The molecular weight excluding hydrogens is 364 g/mol. The molecule has 6 heteroatoms. The Kier molecular flexibility index (Phi) is 6.35. The second-order valence-electron chi connectivity index (χ2n) is 6.70. The molecule has 1 aliphatic heterocycles. The van der Waals surface area contributed by atoms with Crippen LogP contribution in [0.2, 0.25) is 5.02 Å². The van der Waals surface area contributed by atoms with Crippen LogP contribution in [-0.4, -0.2) is 36.4 Å². The highest BCUT2D eigenvalue weighted by Gasteiger charge is 2.19. The van der Waals surface area contributed by atoms with E-state index in [-0.39, 0.29) is 18.4 Å². The number of amides is 2. The first kappa shape index (κ1) is 19.2. The zero-order valence-electron chi connectivity index (χ0n) is 15.3. The zero-order valence-corrected chi connectivity index (χ0v) is 16.1. The molecule has 0 atom stereocenters. The van der Waals surface area contributed by atoms with Gasteiger partial charge < -0.3 is 15.0 Å². The third-order valence-corrected chi connectivity index (χ3v) is 4.84. The van der Waals surface area contributed by atoms with E-state index in [2.05, 4.69) is 5.32 Å². The van der Waals surface area contributed by atoms with Gasteiger partial charge in [0.15, 0.2) is 6.61 Å². The molecule has 5 nitrogen and oxygen atoms in total. The third kappa shape index (κ3) is 5.23. The molecule has 0 unspecified atom stereocenters. The van der Waals surface area contributed by atoms with Gasteiger partial charge in [0.05, 0.1) is 5.02 Å². The van der Waals surface area contributed by atoms with E-state index in [9.17, 15) is 9.59 Å². The van der Waals surface area contributed by atoms with Crippen molar-refractivity contribution in [3.63, 3.8) is 0 Å². The number of ether oxygens (including phenoxy) is 1. The van der Waals surface area contributed by atoms with Crippen LogP contribution in [0.4, 0.5) is 0 Å². The molecule has 1 N–H and O–H groups in total. The van der Waals surface area contributed by atoms with Crippen molar-refractivity contribution >= 4 is 23.4 Å². The molecular formula is C21H23ClN2O3. The van der Waals surface area contributed by atoms with Gasteiger partial charge in [-0.1, -0.05) is 29.8 Å². The number of hydrogen-bond acceptors (Lipinski definition) is 3. The summed E-state index contributed by atoms with van der Waals surface area (Å²) >= 11 is 6.05. The zero-order chi connectivity index (χ0) is 19.2. The number of rotatable bonds is 6. The number of aryl methyl sites for hydroxylation is 1. The minimum Gasteiger partial charge on any atom is -0.482 e. The van der Waals surface area contributed by atoms with Crippen molar-refractivity contribution in [2.24, 2.45) is 0 Å². The predicted molar refractivity (Wildman–Crippen MR) is 105 cm³/mol. The minimum atomic E-state index is -0.232. The Morgan fingerprint density at radius 1 is 1.11 bits per heavy atom. The van der Waals surface area contributed by atoms with Crippen LogP contribution < -0.4 is 10.1 Å². The van der Waals surface area contributed by atoms with Crippen LogP contribution in [-0.2, 0) is 11.3 Å². The molecule has 1 heterocycles. The fourth-order valence-electron chi connectivity index (χ4n) is 2.98. The number of carbonyl (C=O) groups excluding carboxylic acids is 2. The second-order valence-corrected chi connectivity index (χ2v) is 7.10. The van der Waals surface area contributed by atoms with E-state index in [1.165, 1.54) is 0 Å². The molecule has 27 heavy (non-hydrogen) atoms. The molecule has 0 bridgehead atoms. The molecule has 1 fully saturated rings. The Morgan fingerprint density at radius 2 is 1.81 bits per heavy atom. The van der Waals surface area contributed by atoms with E-state index >= 15 is 0 Å². The molecule has 1 saturated heterocycles. The van der Waals surface area contributed by atoms with Crippen molar-refractivity contribution in [2.45, 2.75) is 26.3 Å². The van der Waals surface area contributed by atoms with Gasteiger partial charge in [0.1, 0.15) is 5.75 Å². The summed E-state index contributed by atoms with van der Waals surface area (Å²) in [5.74, 6) is 0.341. The summed E-state index contributed by atoms with van der Waals surface area (Å²) in [6, 6.07) is 12.8. The van der Waals surface area contributed by atoms with E-state index in [1.807, 2.05) is 42.2 Å². The summed E-state index contributed by atoms with van der Waals surface area (Å²) in [5, 5.41) is 3.28. The maximum absolute atomic E-state index is 12.3. The first-order chi connectivity index (χ1) is 13.0. The second kappa shape index (κ2) is 8.91. The molecule has 1 aliphatic rings. The van der Waals surface area contributed by atoms with E-state index in [0.717, 1.165) is 37.1 Å². The van der Waals surface area contributed by atoms with Crippen molar-refractivity contribution in [3.8, 4) is 5.75 Å². The molecule has 0 aromatic heterocycles. The molecule has 3 rings (SSSR count). The summed E-state index contributed by atoms with van der Waals surface area (Å²) in [4.78, 5) is 26.2. The summed E-state index contributed by atoms with van der Waals surface area (Å²) in [6.45, 7) is 3.88. The Balaban J connectivity index is 1.47. The Labute approximate surface area is 164 Å². The highest BCUT2D eigenvalue weighted by molar-refractivity contribution is 6.32. The molecule has 2 amide bonds. The first-order valence-electron chi connectivity index (χ1n) is 9.07. The predicted octanol–water partition coefficient (Wildman–Crippen LogP) is 3.58. The number of likely N-dealkylation sites (tertiary alicyclic amines) is 1. The number of benzene rings is 2. The standard InChI is InChI=1S/C21H23ClN2O3/c1-15-4-9-18(22)19(12-15)27-14-20(25)23-13-16-5-7-17(8-6-16)21(26)24-10-2-3-11-24/h4-9,12H,2-3,10-11,13-14H2,1H3,(H,23,25). The van der Waals surface area contributed by atoms with Crippen LogP contribution in [0.3, 0.4) is 0 Å². The van der Waals surface area contributed by atoms with E-state index in [4.69, 9.17) is 16.3 Å². The van der Waals surface area contributed by atoms with Gasteiger partial charge >= 0.3 is 0 Å². The molecule has 2 aromatic rings. The van der Waals surface area contributed by atoms with Crippen LogP contribution in [0.25, 0.3) is 0 Å². The SMILES string of the molecule is Cc1ccc(Cl)c(OCC(=O)NCc2ccc(C(=O)N3CCCC3)cc2)c1. The van der Waals surface area contributed by atoms with Crippen LogP contribution >= 0.6 is 11.6 Å². The molecule has 0 spiro atoms. The van der Waals surface area contributed by atoms with Crippen molar-refractivity contribution in [1.82, 2.24) is 10.2 Å². The smallest absolute Gasteiger partial charge is 0.258 e. The van der Waals surface area contributed by atoms with Crippen LogP contribution in [0.5, 0.6) is 5.75 Å².